The molecule has 0 aromatic heterocycles. The minimum absolute atomic E-state index is 0.0823. The van der Waals surface area contributed by atoms with E-state index in [1.165, 1.54) is 148 Å². The van der Waals surface area contributed by atoms with Gasteiger partial charge < -0.3 is 33.8 Å². The van der Waals surface area contributed by atoms with E-state index in [0.717, 1.165) is 148 Å². The molecule has 19 heteroatoms. The molecule has 0 spiro atoms. The zero-order valence-corrected chi connectivity index (χ0v) is 64.5. The third kappa shape index (κ3) is 71.4. The van der Waals surface area contributed by atoms with Crippen molar-refractivity contribution in [2.45, 2.75) is 393 Å². The number of esters is 4. The first-order chi connectivity index (χ1) is 47.7. The summed E-state index contributed by atoms with van der Waals surface area (Å²) in [6, 6.07) is 0. The monoisotopic (exact) mass is 1430 g/mol. The van der Waals surface area contributed by atoms with Crippen molar-refractivity contribution in [3.05, 3.63) is 48.6 Å². The number of carbonyl (C=O) groups excluding carboxylic acids is 4. The number of rotatable bonds is 76. The summed E-state index contributed by atoms with van der Waals surface area (Å²) in [5, 5.41) is 10.6. The molecule has 0 rings (SSSR count). The first kappa shape index (κ1) is 95.0. The van der Waals surface area contributed by atoms with Gasteiger partial charge in [-0.25, -0.2) is 9.13 Å². The van der Waals surface area contributed by atoms with E-state index in [9.17, 15) is 43.2 Å². The van der Waals surface area contributed by atoms with Crippen molar-refractivity contribution in [1.29, 1.82) is 0 Å². The first-order valence-electron chi connectivity index (χ1n) is 39.9. The molecule has 0 radical (unpaired) electrons. The number of phosphoric ester groups is 2. The minimum Gasteiger partial charge on any atom is -0.462 e. The van der Waals surface area contributed by atoms with Crippen LogP contribution in [0.4, 0.5) is 0 Å². The molecular formula is C79H146O17P2. The van der Waals surface area contributed by atoms with Gasteiger partial charge in [0.1, 0.15) is 19.3 Å². The summed E-state index contributed by atoms with van der Waals surface area (Å²) >= 11 is 0. The molecule has 0 aromatic carbocycles. The number of aliphatic hydroxyl groups excluding tert-OH is 1. The third-order valence-electron chi connectivity index (χ3n) is 17.3. The summed E-state index contributed by atoms with van der Waals surface area (Å²) in [6.45, 7) is 4.88. The van der Waals surface area contributed by atoms with Gasteiger partial charge in [-0.05, 0) is 109 Å². The SMILES string of the molecule is CCCCC/C=C\C/C=C\CCCCCCCC(=O)O[C@H](COC(=O)CCCCCCC/C=C\CCCCCCCC)COP(=O)(O)OC[C@@H](O)COP(=O)(O)OC[C@@H](COC(=O)CCCCCCCCC/C=C\CCCCCC)OC(=O)CCCCCCCCCCCCCCC. The maximum atomic E-state index is 13.1. The molecule has 0 aliphatic carbocycles. The van der Waals surface area contributed by atoms with Crippen LogP contribution in [-0.2, 0) is 65.4 Å². The van der Waals surface area contributed by atoms with E-state index in [0.29, 0.717) is 25.7 Å². The lowest BCUT2D eigenvalue weighted by Crippen LogP contribution is -2.30. The van der Waals surface area contributed by atoms with Gasteiger partial charge in [0.15, 0.2) is 12.2 Å². The van der Waals surface area contributed by atoms with E-state index in [4.69, 9.17) is 37.0 Å². The van der Waals surface area contributed by atoms with Crippen LogP contribution in [0.5, 0.6) is 0 Å². The Kier molecular flexibility index (Phi) is 70.2. The number of unbranched alkanes of at least 4 members (excludes halogenated alkanes) is 42. The molecule has 0 aromatic rings. The van der Waals surface area contributed by atoms with Gasteiger partial charge in [0, 0.05) is 25.7 Å². The van der Waals surface area contributed by atoms with E-state index >= 15 is 0 Å². The molecular weight excluding hydrogens is 1280 g/mol. The standard InChI is InChI=1S/C79H146O17P2/c1-5-9-13-17-21-25-29-33-36-40-43-47-51-55-59-63-76(81)89-69-74(95-78(83)65-61-57-53-49-45-39-32-28-24-20-16-12-8-4)71-93-97(85,86)91-67-73(80)68-92-98(87,88)94-72-75(96-79(84)66-62-58-54-50-46-42-38-35-31-27-23-19-15-11-7-3)70-90-77(82)64-60-56-52-48-44-41-37-34-30-26-22-18-14-10-6-2/h23,25,27,29,34-35,37-38,73-75,80H,5-22,24,26,28,30-33,36,39-72H2,1-4H3,(H,85,86)(H,87,88)/b27-23-,29-25-,37-34-,38-35-/t73-,74+,75+/m0/s1. The number of hydrogen-bond donors (Lipinski definition) is 3. The summed E-state index contributed by atoms with van der Waals surface area (Å²) in [5.74, 6) is -2.17. The Morgan fingerprint density at radius 3 is 0.796 bits per heavy atom. The highest BCUT2D eigenvalue weighted by Crippen LogP contribution is 2.45. The number of aliphatic hydroxyl groups is 1. The topological polar surface area (TPSA) is 237 Å². The average molecular weight is 1430 g/mol. The third-order valence-corrected chi connectivity index (χ3v) is 19.2. The molecule has 0 saturated carbocycles. The van der Waals surface area contributed by atoms with E-state index in [-0.39, 0.29) is 25.7 Å². The van der Waals surface area contributed by atoms with Crippen molar-refractivity contribution in [2.75, 3.05) is 39.6 Å². The van der Waals surface area contributed by atoms with Gasteiger partial charge in [0.05, 0.1) is 26.4 Å². The highest BCUT2D eigenvalue weighted by Gasteiger charge is 2.30. The predicted molar refractivity (Wildman–Crippen MR) is 400 cm³/mol. The fourth-order valence-corrected chi connectivity index (χ4v) is 12.7. The maximum Gasteiger partial charge on any atom is 0.472 e. The fraction of sp³-hybridized carbons (Fsp3) is 0.848. The van der Waals surface area contributed by atoms with Crippen molar-refractivity contribution >= 4 is 39.5 Å². The molecule has 2 unspecified atom stereocenters. The van der Waals surface area contributed by atoms with Gasteiger partial charge in [0.2, 0.25) is 0 Å². The Labute approximate surface area is 597 Å². The zero-order valence-electron chi connectivity index (χ0n) is 62.7. The Morgan fingerprint density at radius 2 is 0.500 bits per heavy atom. The second-order valence-electron chi connectivity index (χ2n) is 27.0. The highest BCUT2D eigenvalue weighted by atomic mass is 31.2. The van der Waals surface area contributed by atoms with Gasteiger partial charge in [-0.1, -0.05) is 288 Å². The van der Waals surface area contributed by atoms with Crippen molar-refractivity contribution in [2.24, 2.45) is 0 Å². The molecule has 0 fully saturated rings. The number of ether oxygens (including phenoxy) is 4. The summed E-state index contributed by atoms with van der Waals surface area (Å²) in [5.41, 5.74) is 0. The van der Waals surface area contributed by atoms with Gasteiger partial charge >= 0.3 is 39.5 Å². The predicted octanol–water partition coefficient (Wildman–Crippen LogP) is 22.9. The van der Waals surface area contributed by atoms with Crippen molar-refractivity contribution in [3.8, 4) is 0 Å². The van der Waals surface area contributed by atoms with Crippen LogP contribution in [0, 0.1) is 0 Å². The molecule has 5 atom stereocenters. The summed E-state index contributed by atoms with van der Waals surface area (Å²) in [6.07, 6.45) is 69.4. The lowest BCUT2D eigenvalue weighted by Gasteiger charge is -2.21. The summed E-state index contributed by atoms with van der Waals surface area (Å²) in [7, 11) is -9.94. The van der Waals surface area contributed by atoms with Crippen LogP contribution in [0.1, 0.15) is 374 Å². The molecule has 0 amide bonds. The van der Waals surface area contributed by atoms with Crippen LogP contribution in [0.3, 0.4) is 0 Å². The van der Waals surface area contributed by atoms with Crippen LogP contribution in [-0.4, -0.2) is 96.7 Å². The normalized spacial score (nSPS) is 14.2. The zero-order chi connectivity index (χ0) is 71.8. The molecule has 0 aliphatic heterocycles. The van der Waals surface area contributed by atoms with E-state index in [2.05, 4.69) is 76.3 Å². The number of phosphoric acid groups is 2. The second-order valence-corrected chi connectivity index (χ2v) is 29.9. The van der Waals surface area contributed by atoms with Crippen molar-refractivity contribution in [1.82, 2.24) is 0 Å². The second kappa shape index (κ2) is 72.4. The Balaban J connectivity index is 5.32. The van der Waals surface area contributed by atoms with E-state index < -0.39 is 97.5 Å². The van der Waals surface area contributed by atoms with E-state index in [1.807, 2.05) is 0 Å². The van der Waals surface area contributed by atoms with Crippen molar-refractivity contribution in [3.63, 3.8) is 0 Å². The number of allylic oxidation sites excluding steroid dienone is 8. The Bertz CT molecular complexity index is 2050. The Morgan fingerprint density at radius 1 is 0.286 bits per heavy atom. The van der Waals surface area contributed by atoms with Gasteiger partial charge in [-0.2, -0.15) is 0 Å². The van der Waals surface area contributed by atoms with Gasteiger partial charge in [-0.15, -0.1) is 0 Å². The van der Waals surface area contributed by atoms with Crippen LogP contribution in [0.15, 0.2) is 48.6 Å². The molecule has 3 N–H and O–H groups in total. The number of carbonyl (C=O) groups is 4. The largest absolute Gasteiger partial charge is 0.472 e. The molecule has 574 valence electrons. The number of hydrogen-bond acceptors (Lipinski definition) is 15. The molecule has 0 aliphatic rings. The minimum atomic E-state index is -4.97. The van der Waals surface area contributed by atoms with Gasteiger partial charge in [0.25, 0.3) is 0 Å². The maximum absolute atomic E-state index is 13.1. The van der Waals surface area contributed by atoms with Gasteiger partial charge in [-0.3, -0.25) is 37.3 Å². The van der Waals surface area contributed by atoms with Crippen LogP contribution >= 0.6 is 15.6 Å². The molecule has 0 saturated heterocycles. The molecule has 98 heavy (non-hydrogen) atoms. The molecule has 17 nitrogen and oxygen atoms in total. The lowest BCUT2D eigenvalue weighted by atomic mass is 10.0. The lowest BCUT2D eigenvalue weighted by molar-refractivity contribution is -0.161. The van der Waals surface area contributed by atoms with Crippen LogP contribution in [0.25, 0.3) is 0 Å². The smallest absolute Gasteiger partial charge is 0.462 e. The van der Waals surface area contributed by atoms with Crippen LogP contribution in [0.2, 0.25) is 0 Å². The quantitative estimate of drug-likeness (QED) is 0.0169. The average Bonchev–Trinajstić information content (AvgIpc) is 0.984. The molecule has 0 bridgehead atoms. The molecule has 0 heterocycles. The first-order valence-corrected chi connectivity index (χ1v) is 42.9. The summed E-state index contributed by atoms with van der Waals surface area (Å²) in [4.78, 5) is 72.9. The Hall–Kier alpha value is -2.98. The fourth-order valence-electron chi connectivity index (χ4n) is 11.1. The van der Waals surface area contributed by atoms with E-state index in [1.54, 1.807) is 0 Å². The summed E-state index contributed by atoms with van der Waals surface area (Å²) < 4.78 is 68.6. The van der Waals surface area contributed by atoms with Crippen molar-refractivity contribution < 1.29 is 80.2 Å². The highest BCUT2D eigenvalue weighted by molar-refractivity contribution is 7.47. The van der Waals surface area contributed by atoms with Crippen LogP contribution < -0.4 is 0 Å².